The molecule has 2 heterocycles. The van der Waals surface area contributed by atoms with E-state index in [-0.39, 0.29) is 30.7 Å². The van der Waals surface area contributed by atoms with Crippen molar-refractivity contribution in [2.75, 3.05) is 44.9 Å². The predicted octanol–water partition coefficient (Wildman–Crippen LogP) is 1.91. The Morgan fingerprint density at radius 3 is 2.46 bits per heavy atom. The first kappa shape index (κ1) is 21.0. The molecule has 2 aliphatic rings. The summed E-state index contributed by atoms with van der Waals surface area (Å²) in [6.07, 6.45) is 3.31. The van der Waals surface area contributed by atoms with Gasteiger partial charge in [0.25, 0.3) is 0 Å². The second-order valence-electron chi connectivity index (χ2n) is 7.54. The number of hydrogen-bond donors (Lipinski definition) is 1. The number of nitrogens with zero attached hydrogens (tertiary/aromatic N) is 2. The summed E-state index contributed by atoms with van der Waals surface area (Å²) in [5.74, 6) is -1.20. The van der Waals surface area contributed by atoms with Crippen LogP contribution in [0.3, 0.4) is 0 Å². The van der Waals surface area contributed by atoms with Crippen LogP contribution >= 0.6 is 0 Å². The second kappa shape index (κ2) is 9.62. The van der Waals surface area contributed by atoms with Crippen molar-refractivity contribution in [3.63, 3.8) is 0 Å². The van der Waals surface area contributed by atoms with Crippen LogP contribution in [0, 0.1) is 11.6 Å². The summed E-state index contributed by atoms with van der Waals surface area (Å²) < 4.78 is 37.9. The first-order valence-corrected chi connectivity index (χ1v) is 9.84. The lowest BCUT2D eigenvalue weighted by Gasteiger charge is -2.41. The van der Waals surface area contributed by atoms with Crippen molar-refractivity contribution in [2.24, 2.45) is 5.73 Å². The maximum atomic E-state index is 13.4. The minimum atomic E-state index is -0.569. The molecular formula is C20H29F2N3O3. The molecule has 2 N–H and O–H groups in total. The summed E-state index contributed by atoms with van der Waals surface area (Å²) in [6, 6.07) is 3.33. The standard InChI is InChI=1S/C20H29F2N3O3/c1-27-13-20(26)25-6-2-3-18(23)19(25)12-28-17-4-7-24(8-5-17)16-10-14(21)9-15(22)11-16/h9-11,17-19H,2-8,12-13,23H2,1H3. The lowest BCUT2D eigenvalue weighted by Crippen LogP contribution is -2.57. The zero-order valence-corrected chi connectivity index (χ0v) is 16.3. The third kappa shape index (κ3) is 5.18. The van der Waals surface area contributed by atoms with Crippen LogP contribution in [0.1, 0.15) is 25.7 Å². The molecule has 6 nitrogen and oxygen atoms in total. The number of piperidine rings is 2. The molecule has 2 saturated heterocycles. The zero-order chi connectivity index (χ0) is 20.1. The van der Waals surface area contributed by atoms with Gasteiger partial charge in [-0.15, -0.1) is 0 Å². The van der Waals surface area contributed by atoms with Crippen molar-refractivity contribution < 1.29 is 23.0 Å². The number of likely N-dealkylation sites (tertiary alicyclic amines) is 1. The van der Waals surface area contributed by atoms with E-state index in [2.05, 4.69) is 0 Å². The maximum absolute atomic E-state index is 13.4. The topological polar surface area (TPSA) is 68.0 Å². The third-order valence-corrected chi connectivity index (χ3v) is 5.58. The Morgan fingerprint density at radius 1 is 1.14 bits per heavy atom. The summed E-state index contributed by atoms with van der Waals surface area (Å²) in [4.78, 5) is 16.0. The molecule has 2 unspecified atom stereocenters. The first-order valence-electron chi connectivity index (χ1n) is 9.84. The molecule has 1 aromatic carbocycles. The van der Waals surface area contributed by atoms with Gasteiger partial charge in [-0.25, -0.2) is 8.78 Å². The molecule has 2 atom stereocenters. The van der Waals surface area contributed by atoms with Gasteiger partial charge in [0.1, 0.15) is 18.2 Å². The van der Waals surface area contributed by atoms with Gasteiger partial charge < -0.3 is 25.0 Å². The number of carbonyl (C=O) groups is 1. The maximum Gasteiger partial charge on any atom is 0.248 e. The number of amides is 1. The smallest absolute Gasteiger partial charge is 0.248 e. The Morgan fingerprint density at radius 2 is 1.82 bits per heavy atom. The molecule has 1 aromatic rings. The molecular weight excluding hydrogens is 368 g/mol. The van der Waals surface area contributed by atoms with Crippen LogP contribution in [0.5, 0.6) is 0 Å². The van der Waals surface area contributed by atoms with Gasteiger partial charge in [-0.05, 0) is 37.8 Å². The normalized spacial score (nSPS) is 23.9. The zero-order valence-electron chi connectivity index (χ0n) is 16.3. The van der Waals surface area contributed by atoms with Crippen LogP contribution in [0.2, 0.25) is 0 Å². The monoisotopic (exact) mass is 397 g/mol. The van der Waals surface area contributed by atoms with Gasteiger partial charge in [0, 0.05) is 44.5 Å². The Bertz CT molecular complexity index is 648. The van der Waals surface area contributed by atoms with Gasteiger partial charge in [-0.3, -0.25) is 4.79 Å². The number of halogens is 2. The molecule has 28 heavy (non-hydrogen) atoms. The minimum absolute atomic E-state index is 0.0446. The average Bonchev–Trinajstić information content (AvgIpc) is 2.66. The fourth-order valence-corrected chi connectivity index (χ4v) is 4.05. The van der Waals surface area contributed by atoms with Crippen molar-refractivity contribution in [2.45, 2.75) is 43.9 Å². The van der Waals surface area contributed by atoms with E-state index < -0.39 is 11.6 Å². The van der Waals surface area contributed by atoms with Gasteiger partial charge in [-0.2, -0.15) is 0 Å². The first-order chi connectivity index (χ1) is 13.5. The summed E-state index contributed by atoms with van der Waals surface area (Å²) in [5, 5.41) is 0. The van der Waals surface area contributed by atoms with Crippen LogP contribution in [-0.4, -0.2) is 69.0 Å². The summed E-state index contributed by atoms with van der Waals surface area (Å²) >= 11 is 0. The van der Waals surface area contributed by atoms with E-state index >= 15 is 0 Å². The fourth-order valence-electron chi connectivity index (χ4n) is 4.05. The summed E-state index contributed by atoms with van der Waals surface area (Å²) in [6.45, 7) is 2.45. The van der Waals surface area contributed by atoms with E-state index in [4.69, 9.17) is 15.2 Å². The van der Waals surface area contributed by atoms with Crippen LogP contribution in [0.25, 0.3) is 0 Å². The van der Waals surface area contributed by atoms with Crippen LogP contribution in [0.4, 0.5) is 14.5 Å². The quantitative estimate of drug-likeness (QED) is 0.794. The fraction of sp³-hybridized carbons (Fsp3) is 0.650. The summed E-state index contributed by atoms with van der Waals surface area (Å²) in [5.41, 5.74) is 6.81. The second-order valence-corrected chi connectivity index (χ2v) is 7.54. The Balaban J connectivity index is 1.51. The lowest BCUT2D eigenvalue weighted by atomic mass is 9.97. The molecule has 1 amide bonds. The molecule has 8 heteroatoms. The Kier molecular flexibility index (Phi) is 7.20. The highest BCUT2D eigenvalue weighted by atomic mass is 19.1. The van der Waals surface area contributed by atoms with Crippen molar-refractivity contribution in [1.82, 2.24) is 4.90 Å². The molecule has 0 aliphatic carbocycles. The highest BCUT2D eigenvalue weighted by Gasteiger charge is 2.33. The van der Waals surface area contributed by atoms with Gasteiger partial charge in [0.15, 0.2) is 0 Å². The molecule has 0 saturated carbocycles. The lowest BCUT2D eigenvalue weighted by molar-refractivity contribution is -0.142. The molecule has 0 spiro atoms. The van der Waals surface area contributed by atoms with Gasteiger partial charge in [0.05, 0.1) is 18.8 Å². The van der Waals surface area contributed by atoms with Crippen molar-refractivity contribution >= 4 is 11.6 Å². The molecule has 2 aliphatic heterocycles. The number of nitrogens with two attached hydrogens (primary N) is 1. The molecule has 0 bridgehead atoms. The molecule has 3 rings (SSSR count). The molecule has 2 fully saturated rings. The van der Waals surface area contributed by atoms with E-state index in [1.54, 1.807) is 4.90 Å². The Hall–Kier alpha value is -1.77. The van der Waals surface area contributed by atoms with Crippen molar-refractivity contribution in [3.05, 3.63) is 29.8 Å². The van der Waals surface area contributed by atoms with Crippen molar-refractivity contribution in [3.8, 4) is 0 Å². The van der Waals surface area contributed by atoms with E-state index in [1.807, 2.05) is 4.90 Å². The largest absolute Gasteiger partial charge is 0.376 e. The number of carbonyl (C=O) groups excluding carboxylic acids is 1. The van der Waals surface area contributed by atoms with E-state index in [9.17, 15) is 13.6 Å². The summed E-state index contributed by atoms with van der Waals surface area (Å²) in [7, 11) is 1.51. The predicted molar refractivity (Wildman–Crippen MR) is 102 cm³/mol. The highest BCUT2D eigenvalue weighted by Crippen LogP contribution is 2.24. The third-order valence-electron chi connectivity index (χ3n) is 5.58. The average molecular weight is 397 g/mol. The number of benzene rings is 1. The van der Waals surface area contributed by atoms with Crippen LogP contribution in [-0.2, 0) is 14.3 Å². The van der Waals surface area contributed by atoms with Crippen LogP contribution < -0.4 is 10.6 Å². The SMILES string of the molecule is COCC(=O)N1CCCC(N)C1COC1CCN(c2cc(F)cc(F)c2)CC1. The van der Waals surface area contributed by atoms with Crippen molar-refractivity contribution in [1.29, 1.82) is 0 Å². The number of rotatable bonds is 6. The van der Waals surface area contributed by atoms with E-state index in [0.717, 1.165) is 31.7 Å². The number of methoxy groups -OCH3 is 1. The van der Waals surface area contributed by atoms with Gasteiger partial charge in [0.2, 0.25) is 5.91 Å². The number of ether oxygens (including phenoxy) is 2. The Labute approximate surface area is 164 Å². The van der Waals surface area contributed by atoms with Gasteiger partial charge in [-0.1, -0.05) is 0 Å². The number of hydrogen-bond acceptors (Lipinski definition) is 5. The van der Waals surface area contributed by atoms with E-state index in [1.165, 1.54) is 19.2 Å². The molecule has 0 radical (unpaired) electrons. The minimum Gasteiger partial charge on any atom is -0.376 e. The number of anilines is 1. The molecule has 0 aromatic heterocycles. The molecule has 156 valence electrons. The van der Waals surface area contributed by atoms with Gasteiger partial charge >= 0.3 is 0 Å². The van der Waals surface area contributed by atoms with E-state index in [0.29, 0.717) is 31.9 Å². The highest BCUT2D eigenvalue weighted by molar-refractivity contribution is 5.78. The van der Waals surface area contributed by atoms with Crippen LogP contribution in [0.15, 0.2) is 18.2 Å².